The number of phenols is 1. The molecule has 0 atom stereocenters. The molecule has 3 rings (SSSR count). The number of aromatic nitrogens is 1. The van der Waals surface area contributed by atoms with Crippen molar-refractivity contribution in [3.05, 3.63) is 54.7 Å². The fourth-order valence-electron chi connectivity index (χ4n) is 2.88. The van der Waals surface area contributed by atoms with E-state index in [9.17, 15) is 5.11 Å². The van der Waals surface area contributed by atoms with Gasteiger partial charge in [-0.05, 0) is 18.6 Å². The van der Waals surface area contributed by atoms with E-state index in [2.05, 4.69) is 42.0 Å². The van der Waals surface area contributed by atoms with E-state index in [4.69, 9.17) is 0 Å². The predicted molar refractivity (Wildman–Crippen MR) is 88.6 cm³/mol. The second-order valence-corrected chi connectivity index (χ2v) is 5.48. The Balaban J connectivity index is 2.09. The number of rotatable bonds is 5. The first-order valence-corrected chi connectivity index (χ1v) is 7.67. The lowest BCUT2D eigenvalue weighted by atomic mass is 10.0. The second kappa shape index (κ2) is 6.04. The van der Waals surface area contributed by atoms with Gasteiger partial charge in [0.15, 0.2) is 0 Å². The van der Waals surface area contributed by atoms with Crippen LogP contribution in [-0.4, -0.2) is 9.67 Å². The SMILES string of the molecule is CCCCCn1cc(-c2ccccc2O)c2ccccc21. The van der Waals surface area contributed by atoms with Crippen molar-refractivity contribution >= 4 is 10.9 Å². The molecule has 2 heteroatoms. The van der Waals surface area contributed by atoms with Crippen LogP contribution in [-0.2, 0) is 6.54 Å². The van der Waals surface area contributed by atoms with Gasteiger partial charge in [0.2, 0.25) is 0 Å². The van der Waals surface area contributed by atoms with Crippen LogP contribution in [0, 0.1) is 0 Å². The van der Waals surface area contributed by atoms with Crippen molar-refractivity contribution in [3.8, 4) is 16.9 Å². The zero-order chi connectivity index (χ0) is 14.7. The number of fused-ring (bicyclic) bond motifs is 1. The standard InChI is InChI=1S/C19H21NO/c1-2-3-8-13-20-14-17(15-9-4-6-11-18(15)20)16-10-5-7-12-19(16)21/h4-7,9-12,14,21H,2-3,8,13H2,1H3. The Bertz CT molecular complexity index is 742. The monoisotopic (exact) mass is 279 g/mol. The first kappa shape index (κ1) is 13.7. The quantitative estimate of drug-likeness (QED) is 0.638. The van der Waals surface area contributed by atoms with Gasteiger partial charge in [0.05, 0.1) is 0 Å². The van der Waals surface area contributed by atoms with Gasteiger partial charge in [-0.25, -0.2) is 0 Å². The van der Waals surface area contributed by atoms with E-state index in [1.54, 1.807) is 6.07 Å². The Hall–Kier alpha value is -2.22. The third kappa shape index (κ3) is 2.66. The molecule has 0 radical (unpaired) electrons. The molecule has 3 aromatic rings. The highest BCUT2D eigenvalue weighted by molar-refractivity contribution is 5.97. The van der Waals surface area contributed by atoms with Crippen molar-refractivity contribution in [2.24, 2.45) is 0 Å². The molecule has 0 saturated heterocycles. The zero-order valence-electron chi connectivity index (χ0n) is 12.4. The van der Waals surface area contributed by atoms with Crippen LogP contribution in [0.3, 0.4) is 0 Å². The number of hydrogen-bond donors (Lipinski definition) is 1. The van der Waals surface area contributed by atoms with Gasteiger partial charge in [0.25, 0.3) is 0 Å². The minimum absolute atomic E-state index is 0.342. The van der Waals surface area contributed by atoms with Crippen molar-refractivity contribution in [1.29, 1.82) is 0 Å². The lowest BCUT2D eigenvalue weighted by Gasteiger charge is -2.04. The maximum Gasteiger partial charge on any atom is 0.123 e. The minimum Gasteiger partial charge on any atom is -0.507 e. The molecule has 2 aromatic carbocycles. The van der Waals surface area contributed by atoms with Gasteiger partial charge in [-0.3, -0.25) is 0 Å². The fraction of sp³-hybridized carbons (Fsp3) is 0.263. The Morgan fingerprint density at radius 1 is 0.905 bits per heavy atom. The van der Waals surface area contributed by atoms with Crippen LogP contribution in [0.2, 0.25) is 0 Å². The summed E-state index contributed by atoms with van der Waals surface area (Å²) in [5.74, 6) is 0.342. The van der Waals surface area contributed by atoms with Gasteiger partial charge < -0.3 is 9.67 Å². The number of phenolic OH excluding ortho intramolecular Hbond substituents is 1. The van der Waals surface area contributed by atoms with Gasteiger partial charge in [0.1, 0.15) is 5.75 Å². The molecule has 21 heavy (non-hydrogen) atoms. The molecule has 0 aliphatic carbocycles. The number of hydrogen-bond acceptors (Lipinski definition) is 1. The molecule has 1 N–H and O–H groups in total. The summed E-state index contributed by atoms with van der Waals surface area (Å²) in [6, 6.07) is 16.0. The summed E-state index contributed by atoms with van der Waals surface area (Å²) in [6.07, 6.45) is 5.84. The first-order valence-electron chi connectivity index (χ1n) is 7.67. The van der Waals surface area contributed by atoms with Crippen LogP contribution in [0.4, 0.5) is 0 Å². The largest absolute Gasteiger partial charge is 0.507 e. The molecule has 1 heterocycles. The van der Waals surface area contributed by atoms with Crippen LogP contribution in [0.15, 0.2) is 54.7 Å². The van der Waals surface area contributed by atoms with Crippen LogP contribution >= 0.6 is 0 Å². The third-order valence-corrected chi connectivity index (χ3v) is 3.99. The van der Waals surface area contributed by atoms with Crippen LogP contribution < -0.4 is 0 Å². The lowest BCUT2D eigenvalue weighted by molar-refractivity contribution is 0.477. The van der Waals surface area contributed by atoms with Crippen molar-refractivity contribution in [2.75, 3.05) is 0 Å². The molecule has 0 bridgehead atoms. The van der Waals surface area contributed by atoms with E-state index in [-0.39, 0.29) is 0 Å². The number of benzene rings is 2. The Morgan fingerprint density at radius 2 is 1.67 bits per heavy atom. The van der Waals surface area contributed by atoms with Crippen molar-refractivity contribution < 1.29 is 5.11 Å². The first-order chi connectivity index (χ1) is 10.3. The van der Waals surface area contributed by atoms with E-state index in [0.29, 0.717) is 5.75 Å². The van der Waals surface area contributed by atoms with E-state index in [1.165, 1.54) is 30.2 Å². The molecule has 0 fully saturated rings. The summed E-state index contributed by atoms with van der Waals surface area (Å²) >= 11 is 0. The molecular weight excluding hydrogens is 258 g/mol. The summed E-state index contributed by atoms with van der Waals surface area (Å²) in [4.78, 5) is 0. The van der Waals surface area contributed by atoms with Crippen LogP contribution in [0.1, 0.15) is 26.2 Å². The highest BCUT2D eigenvalue weighted by Crippen LogP contribution is 2.35. The number of aromatic hydroxyl groups is 1. The van der Waals surface area contributed by atoms with Gasteiger partial charge in [0, 0.05) is 34.8 Å². The highest BCUT2D eigenvalue weighted by Gasteiger charge is 2.12. The maximum atomic E-state index is 10.1. The average molecular weight is 279 g/mol. The molecule has 2 nitrogen and oxygen atoms in total. The van der Waals surface area contributed by atoms with Gasteiger partial charge in [-0.15, -0.1) is 0 Å². The smallest absolute Gasteiger partial charge is 0.123 e. The van der Waals surface area contributed by atoms with Crippen molar-refractivity contribution in [2.45, 2.75) is 32.7 Å². The second-order valence-electron chi connectivity index (χ2n) is 5.48. The van der Waals surface area contributed by atoms with Gasteiger partial charge >= 0.3 is 0 Å². The van der Waals surface area contributed by atoms with E-state index < -0.39 is 0 Å². The summed E-state index contributed by atoms with van der Waals surface area (Å²) in [5, 5.41) is 11.3. The van der Waals surface area contributed by atoms with E-state index >= 15 is 0 Å². The number of para-hydroxylation sites is 2. The number of aryl methyl sites for hydroxylation is 1. The van der Waals surface area contributed by atoms with E-state index in [1.807, 2.05) is 18.2 Å². The topological polar surface area (TPSA) is 25.2 Å². The van der Waals surface area contributed by atoms with E-state index in [0.717, 1.165) is 17.7 Å². The Morgan fingerprint density at radius 3 is 2.48 bits per heavy atom. The lowest BCUT2D eigenvalue weighted by Crippen LogP contribution is -1.95. The summed E-state index contributed by atoms with van der Waals surface area (Å²) in [5.41, 5.74) is 3.26. The normalized spacial score (nSPS) is 11.1. The molecule has 1 aromatic heterocycles. The van der Waals surface area contributed by atoms with Gasteiger partial charge in [-0.1, -0.05) is 56.2 Å². The fourth-order valence-corrected chi connectivity index (χ4v) is 2.88. The van der Waals surface area contributed by atoms with Crippen molar-refractivity contribution in [1.82, 2.24) is 4.57 Å². The Kier molecular flexibility index (Phi) is 3.96. The number of nitrogens with zero attached hydrogens (tertiary/aromatic N) is 1. The molecule has 0 aliphatic rings. The van der Waals surface area contributed by atoms with Gasteiger partial charge in [-0.2, -0.15) is 0 Å². The summed E-state index contributed by atoms with van der Waals surface area (Å²) in [6.45, 7) is 3.25. The molecule has 0 amide bonds. The van der Waals surface area contributed by atoms with Crippen molar-refractivity contribution in [3.63, 3.8) is 0 Å². The van der Waals surface area contributed by atoms with Crippen LogP contribution in [0.25, 0.3) is 22.0 Å². The summed E-state index contributed by atoms with van der Waals surface area (Å²) in [7, 11) is 0. The summed E-state index contributed by atoms with van der Waals surface area (Å²) < 4.78 is 2.31. The Labute approximate surface area is 125 Å². The molecular formula is C19H21NO. The molecule has 0 spiro atoms. The third-order valence-electron chi connectivity index (χ3n) is 3.99. The zero-order valence-corrected chi connectivity index (χ0v) is 12.4. The molecule has 108 valence electrons. The molecule has 0 saturated carbocycles. The molecule has 0 aliphatic heterocycles. The van der Waals surface area contributed by atoms with Crippen LogP contribution in [0.5, 0.6) is 5.75 Å². The number of unbranched alkanes of at least 4 members (excludes halogenated alkanes) is 2. The highest BCUT2D eigenvalue weighted by atomic mass is 16.3. The maximum absolute atomic E-state index is 10.1. The average Bonchev–Trinajstić information content (AvgIpc) is 2.87. The minimum atomic E-state index is 0.342. The predicted octanol–water partition coefficient (Wildman–Crippen LogP) is 5.20. The molecule has 0 unspecified atom stereocenters.